The second-order valence-electron chi connectivity index (χ2n) is 8.81. The molecule has 0 amide bonds. The largest absolute Gasteiger partial charge is 0.378 e. The Kier molecular flexibility index (Phi) is 6.70. The molecular formula is C30H28N4OS. The number of ether oxygens (including phenoxy) is 1. The molecule has 0 N–H and O–H groups in total. The van der Waals surface area contributed by atoms with Crippen molar-refractivity contribution < 1.29 is 4.74 Å². The molecule has 2 heterocycles. The van der Waals surface area contributed by atoms with Crippen LogP contribution in [-0.4, -0.2) is 42.1 Å². The molecule has 5 nitrogen and oxygen atoms in total. The zero-order chi connectivity index (χ0) is 24.2. The minimum atomic E-state index is 0.775. The number of morpholine rings is 1. The van der Waals surface area contributed by atoms with Crippen molar-refractivity contribution in [1.29, 1.82) is 0 Å². The first-order valence-corrected chi connectivity index (χ1v) is 13.3. The summed E-state index contributed by atoms with van der Waals surface area (Å²) in [5.41, 5.74) is 5.63. The number of benzene rings is 3. The molecule has 0 radical (unpaired) electrons. The van der Waals surface area contributed by atoms with Gasteiger partial charge >= 0.3 is 0 Å². The third kappa shape index (κ3) is 4.74. The SMILES string of the molecule is C1=C(N2CCOCC2)/C(=C2\SC(=Nc3ccccc3)C(=Nc3ccccc3)N2c2ccccc2)CC1. The molecule has 3 aliphatic rings. The lowest BCUT2D eigenvalue weighted by Crippen LogP contribution is -2.36. The summed E-state index contributed by atoms with van der Waals surface area (Å²) >= 11 is 1.73. The third-order valence-corrected chi connectivity index (χ3v) is 7.53. The Morgan fingerprint density at radius 3 is 2.00 bits per heavy atom. The van der Waals surface area contributed by atoms with E-state index in [0.29, 0.717) is 0 Å². The van der Waals surface area contributed by atoms with E-state index in [2.05, 4.69) is 46.2 Å². The molecule has 0 atom stereocenters. The molecule has 0 aromatic heterocycles. The van der Waals surface area contributed by atoms with Crippen LogP contribution in [0.5, 0.6) is 0 Å². The summed E-state index contributed by atoms with van der Waals surface area (Å²) in [7, 11) is 0. The molecule has 0 bridgehead atoms. The maximum absolute atomic E-state index is 5.64. The van der Waals surface area contributed by atoms with E-state index in [1.807, 2.05) is 60.7 Å². The average molecular weight is 493 g/mol. The van der Waals surface area contributed by atoms with E-state index in [9.17, 15) is 0 Å². The molecule has 0 unspecified atom stereocenters. The van der Waals surface area contributed by atoms with Gasteiger partial charge in [-0.25, -0.2) is 9.98 Å². The van der Waals surface area contributed by atoms with E-state index in [1.54, 1.807) is 11.8 Å². The van der Waals surface area contributed by atoms with Crippen LogP contribution in [0.2, 0.25) is 0 Å². The number of para-hydroxylation sites is 3. The third-order valence-electron chi connectivity index (χ3n) is 6.44. The van der Waals surface area contributed by atoms with Crippen molar-refractivity contribution in [3.05, 3.63) is 113 Å². The Balaban J connectivity index is 1.53. The van der Waals surface area contributed by atoms with Crippen molar-refractivity contribution in [2.45, 2.75) is 12.8 Å². The number of thioether (sulfide) groups is 1. The Morgan fingerprint density at radius 2 is 1.33 bits per heavy atom. The Bertz CT molecular complexity index is 1330. The van der Waals surface area contributed by atoms with Crippen molar-refractivity contribution in [2.24, 2.45) is 9.98 Å². The second kappa shape index (κ2) is 10.6. The monoisotopic (exact) mass is 492 g/mol. The van der Waals surface area contributed by atoms with Gasteiger partial charge in [0.25, 0.3) is 0 Å². The van der Waals surface area contributed by atoms with Gasteiger partial charge in [-0.05, 0) is 61.0 Å². The normalized spacial score (nSPS) is 22.5. The topological polar surface area (TPSA) is 40.4 Å². The van der Waals surface area contributed by atoms with E-state index in [-0.39, 0.29) is 0 Å². The highest BCUT2D eigenvalue weighted by Gasteiger charge is 2.37. The predicted octanol–water partition coefficient (Wildman–Crippen LogP) is 6.92. The molecule has 6 rings (SSSR count). The average Bonchev–Trinajstić information content (AvgIpc) is 3.56. The molecule has 36 heavy (non-hydrogen) atoms. The lowest BCUT2D eigenvalue weighted by molar-refractivity contribution is 0.0549. The minimum absolute atomic E-state index is 0.775. The number of amidine groups is 1. The number of anilines is 1. The Hall–Kier alpha value is -3.61. The van der Waals surface area contributed by atoms with E-state index in [0.717, 1.165) is 67.1 Å². The molecule has 1 aliphatic carbocycles. The first-order valence-electron chi connectivity index (χ1n) is 12.4. The molecule has 0 spiro atoms. The van der Waals surface area contributed by atoms with Crippen LogP contribution in [0.4, 0.5) is 17.1 Å². The van der Waals surface area contributed by atoms with Crippen LogP contribution in [0.25, 0.3) is 0 Å². The molecule has 2 aliphatic heterocycles. The highest BCUT2D eigenvalue weighted by molar-refractivity contribution is 8.20. The fourth-order valence-electron chi connectivity index (χ4n) is 4.75. The number of nitrogens with zero attached hydrogens (tertiary/aromatic N) is 4. The van der Waals surface area contributed by atoms with E-state index < -0.39 is 0 Å². The summed E-state index contributed by atoms with van der Waals surface area (Å²) in [5, 5.41) is 2.10. The van der Waals surface area contributed by atoms with Crippen molar-refractivity contribution in [3.63, 3.8) is 0 Å². The van der Waals surface area contributed by atoms with Crippen molar-refractivity contribution >= 4 is 39.7 Å². The molecule has 3 aromatic rings. The second-order valence-corrected chi connectivity index (χ2v) is 9.79. The summed E-state index contributed by atoms with van der Waals surface area (Å²) in [5.74, 6) is 0.858. The zero-order valence-corrected chi connectivity index (χ0v) is 20.9. The van der Waals surface area contributed by atoms with Crippen LogP contribution in [0, 0.1) is 0 Å². The van der Waals surface area contributed by atoms with Gasteiger partial charge in [0, 0.05) is 30.0 Å². The van der Waals surface area contributed by atoms with Crippen LogP contribution < -0.4 is 4.90 Å². The Morgan fingerprint density at radius 1 is 0.722 bits per heavy atom. The van der Waals surface area contributed by atoms with Gasteiger partial charge < -0.3 is 9.64 Å². The molecule has 0 saturated carbocycles. The first-order chi connectivity index (χ1) is 17.9. The van der Waals surface area contributed by atoms with E-state index in [1.165, 1.54) is 16.3 Å². The van der Waals surface area contributed by atoms with Gasteiger partial charge in [-0.3, -0.25) is 4.90 Å². The van der Waals surface area contributed by atoms with Crippen LogP contribution in [0.15, 0.2) is 123 Å². The van der Waals surface area contributed by atoms with Crippen LogP contribution in [0.1, 0.15) is 12.8 Å². The summed E-state index contributed by atoms with van der Waals surface area (Å²) in [4.78, 5) is 15.0. The maximum atomic E-state index is 5.64. The molecule has 2 fully saturated rings. The smallest absolute Gasteiger partial charge is 0.171 e. The molecule has 6 heteroatoms. The van der Waals surface area contributed by atoms with Crippen LogP contribution in [0.3, 0.4) is 0 Å². The highest BCUT2D eigenvalue weighted by Crippen LogP contribution is 2.45. The van der Waals surface area contributed by atoms with Gasteiger partial charge in [0.2, 0.25) is 0 Å². The molecule has 3 aromatic carbocycles. The number of rotatable bonds is 4. The van der Waals surface area contributed by atoms with Gasteiger partial charge in [-0.15, -0.1) is 0 Å². The summed E-state index contributed by atoms with van der Waals surface area (Å²) in [6.07, 6.45) is 4.44. The maximum Gasteiger partial charge on any atom is 0.171 e. The molecular weight excluding hydrogens is 464 g/mol. The van der Waals surface area contributed by atoms with Gasteiger partial charge in [0.15, 0.2) is 5.84 Å². The minimum Gasteiger partial charge on any atom is -0.378 e. The van der Waals surface area contributed by atoms with Gasteiger partial charge in [-0.2, -0.15) is 0 Å². The lowest BCUT2D eigenvalue weighted by atomic mass is 10.1. The summed E-state index contributed by atoms with van der Waals surface area (Å²) < 4.78 is 5.64. The van der Waals surface area contributed by atoms with Gasteiger partial charge in [0.05, 0.1) is 29.6 Å². The Labute approximate surface area is 216 Å². The fourth-order valence-corrected chi connectivity index (χ4v) is 5.92. The van der Waals surface area contributed by atoms with Crippen molar-refractivity contribution in [3.8, 4) is 0 Å². The fraction of sp³-hybridized carbons (Fsp3) is 0.200. The van der Waals surface area contributed by atoms with Gasteiger partial charge in [-0.1, -0.05) is 60.7 Å². The number of aliphatic imine (C=N–C) groups is 2. The van der Waals surface area contributed by atoms with Crippen LogP contribution >= 0.6 is 11.8 Å². The van der Waals surface area contributed by atoms with E-state index >= 15 is 0 Å². The number of allylic oxidation sites excluding steroid dienone is 2. The molecule has 180 valence electrons. The predicted molar refractivity (Wildman–Crippen MR) is 150 cm³/mol. The quantitative estimate of drug-likeness (QED) is 0.396. The zero-order valence-electron chi connectivity index (χ0n) is 20.1. The number of hydrogen-bond donors (Lipinski definition) is 0. The lowest BCUT2D eigenvalue weighted by Gasteiger charge is -2.32. The van der Waals surface area contributed by atoms with Crippen molar-refractivity contribution in [1.82, 2.24) is 4.90 Å². The number of hydrogen-bond acceptors (Lipinski definition) is 5. The van der Waals surface area contributed by atoms with E-state index in [4.69, 9.17) is 14.7 Å². The molecule has 2 saturated heterocycles. The standard InChI is InChI=1S/C30H28N4OS/c1-4-11-23(12-5-1)31-28-29(32-24-13-6-2-7-14-24)36-30(34(28)25-15-8-3-9-16-25)26-17-10-18-27(26)33-19-21-35-22-20-33/h1-9,11-16,18H,10,17,19-22H2/b30-26-,31-28?,32-29?. The highest BCUT2D eigenvalue weighted by atomic mass is 32.2. The summed E-state index contributed by atoms with van der Waals surface area (Å²) in [6.45, 7) is 3.40. The van der Waals surface area contributed by atoms with Crippen LogP contribution in [-0.2, 0) is 4.74 Å². The van der Waals surface area contributed by atoms with Gasteiger partial charge in [0.1, 0.15) is 5.04 Å². The van der Waals surface area contributed by atoms with Crippen molar-refractivity contribution in [2.75, 3.05) is 31.2 Å². The first kappa shape index (κ1) is 22.8. The summed E-state index contributed by atoms with van der Waals surface area (Å²) in [6, 6.07) is 30.8.